The molecule has 0 aliphatic rings. The van der Waals surface area contributed by atoms with Crippen molar-refractivity contribution in [2.24, 2.45) is 5.92 Å². The fourth-order valence-corrected chi connectivity index (χ4v) is 0.745. The van der Waals surface area contributed by atoms with Crippen molar-refractivity contribution in [2.75, 3.05) is 0 Å². The van der Waals surface area contributed by atoms with Gasteiger partial charge < -0.3 is 0 Å². The normalized spacial score (nSPS) is 10.7. The molecule has 0 saturated heterocycles. The van der Waals surface area contributed by atoms with Gasteiger partial charge in [0.2, 0.25) is 0 Å². The molecule has 0 aliphatic heterocycles. The summed E-state index contributed by atoms with van der Waals surface area (Å²) in [5.74, 6) is 5.57. The lowest BCUT2D eigenvalue weighted by Gasteiger charge is -1.87. The molecule has 0 unspecified atom stereocenters. The van der Waals surface area contributed by atoms with Crippen molar-refractivity contribution >= 4 is 0 Å². The molecular weight excluding hydrogens is 146 g/mol. The topological polar surface area (TPSA) is 23.8 Å². The molecule has 1 atom stereocenters. The van der Waals surface area contributed by atoms with Crippen molar-refractivity contribution < 1.29 is 0 Å². The SMILES string of the molecule is C[C@H](C#N)C#Cc1ccccc1. The molecule has 58 valence electrons. The van der Waals surface area contributed by atoms with Crippen LogP contribution < -0.4 is 0 Å². The second-order valence-electron chi connectivity index (χ2n) is 2.49. The van der Waals surface area contributed by atoms with Gasteiger partial charge in [-0.3, -0.25) is 0 Å². The van der Waals surface area contributed by atoms with E-state index in [9.17, 15) is 0 Å². The van der Waals surface area contributed by atoms with Crippen molar-refractivity contribution in [1.29, 1.82) is 5.26 Å². The van der Waals surface area contributed by atoms with E-state index in [-0.39, 0.29) is 5.92 Å². The van der Waals surface area contributed by atoms with E-state index in [4.69, 9.17) is 5.26 Å². The Bertz CT molecular complexity index is 335. The largest absolute Gasteiger partial charge is 0.197 e. The molecule has 0 heterocycles. The Morgan fingerprint density at radius 3 is 2.50 bits per heavy atom. The molecular formula is C11H9N. The number of hydrogen-bond donors (Lipinski definition) is 0. The molecule has 1 rings (SSSR count). The molecule has 12 heavy (non-hydrogen) atoms. The number of nitriles is 1. The maximum absolute atomic E-state index is 8.46. The van der Waals surface area contributed by atoms with Crippen molar-refractivity contribution in [3.8, 4) is 17.9 Å². The Labute approximate surface area is 72.6 Å². The average molecular weight is 155 g/mol. The van der Waals surface area contributed by atoms with E-state index in [2.05, 4.69) is 17.9 Å². The first kappa shape index (κ1) is 8.37. The zero-order chi connectivity index (χ0) is 8.81. The highest BCUT2D eigenvalue weighted by atomic mass is 14.2. The number of hydrogen-bond acceptors (Lipinski definition) is 1. The van der Waals surface area contributed by atoms with Crippen LogP contribution in [0, 0.1) is 29.1 Å². The van der Waals surface area contributed by atoms with Gasteiger partial charge in [0.15, 0.2) is 0 Å². The van der Waals surface area contributed by atoms with Gasteiger partial charge in [0.05, 0.1) is 6.07 Å². The first-order valence-electron chi connectivity index (χ1n) is 3.79. The van der Waals surface area contributed by atoms with E-state index in [1.54, 1.807) is 6.92 Å². The van der Waals surface area contributed by atoms with E-state index >= 15 is 0 Å². The second kappa shape index (κ2) is 4.21. The van der Waals surface area contributed by atoms with E-state index in [0.29, 0.717) is 0 Å². The van der Waals surface area contributed by atoms with Crippen LogP contribution in [0.3, 0.4) is 0 Å². The molecule has 0 fully saturated rings. The molecule has 0 bridgehead atoms. The van der Waals surface area contributed by atoms with E-state index in [0.717, 1.165) is 5.56 Å². The molecule has 0 spiro atoms. The lowest BCUT2D eigenvalue weighted by atomic mass is 10.2. The summed E-state index contributed by atoms with van der Waals surface area (Å²) in [4.78, 5) is 0. The Morgan fingerprint density at radius 2 is 1.92 bits per heavy atom. The summed E-state index contributed by atoms with van der Waals surface area (Å²) in [5, 5.41) is 8.46. The summed E-state index contributed by atoms with van der Waals surface area (Å²) in [5.41, 5.74) is 0.958. The van der Waals surface area contributed by atoms with Crippen molar-refractivity contribution in [1.82, 2.24) is 0 Å². The maximum Gasteiger partial charge on any atom is 0.105 e. The maximum atomic E-state index is 8.46. The van der Waals surface area contributed by atoms with Crippen LogP contribution in [0.5, 0.6) is 0 Å². The highest BCUT2D eigenvalue weighted by Crippen LogP contribution is 1.96. The smallest absolute Gasteiger partial charge is 0.105 e. The molecule has 0 saturated carbocycles. The Morgan fingerprint density at radius 1 is 1.25 bits per heavy atom. The first-order valence-corrected chi connectivity index (χ1v) is 3.79. The van der Waals surface area contributed by atoms with Gasteiger partial charge in [-0.1, -0.05) is 30.0 Å². The molecule has 1 aromatic carbocycles. The number of rotatable bonds is 0. The van der Waals surface area contributed by atoms with Crippen molar-refractivity contribution in [2.45, 2.75) is 6.92 Å². The van der Waals surface area contributed by atoms with Gasteiger partial charge in [0.1, 0.15) is 5.92 Å². The van der Waals surface area contributed by atoms with Crippen LogP contribution >= 0.6 is 0 Å². The van der Waals surface area contributed by atoms with E-state index in [1.165, 1.54) is 0 Å². The number of benzene rings is 1. The third-order valence-electron chi connectivity index (χ3n) is 1.40. The van der Waals surface area contributed by atoms with Gasteiger partial charge in [-0.05, 0) is 19.1 Å². The van der Waals surface area contributed by atoms with Crippen LogP contribution in [-0.2, 0) is 0 Å². The Kier molecular flexibility index (Phi) is 2.94. The third kappa shape index (κ3) is 2.48. The van der Waals surface area contributed by atoms with Gasteiger partial charge in [0, 0.05) is 5.56 Å². The molecule has 1 heteroatoms. The monoisotopic (exact) mass is 155 g/mol. The predicted octanol–water partition coefficient (Wildman–Crippen LogP) is 2.20. The van der Waals surface area contributed by atoms with E-state index in [1.807, 2.05) is 30.3 Å². The van der Waals surface area contributed by atoms with Crippen molar-refractivity contribution in [3.63, 3.8) is 0 Å². The minimum absolute atomic E-state index is 0.190. The van der Waals surface area contributed by atoms with Gasteiger partial charge in [-0.15, -0.1) is 0 Å². The zero-order valence-corrected chi connectivity index (χ0v) is 6.91. The summed E-state index contributed by atoms with van der Waals surface area (Å²) < 4.78 is 0. The molecule has 0 N–H and O–H groups in total. The quantitative estimate of drug-likeness (QED) is 0.527. The summed E-state index contributed by atoms with van der Waals surface area (Å²) in [7, 11) is 0. The minimum Gasteiger partial charge on any atom is -0.197 e. The first-order chi connectivity index (χ1) is 5.83. The van der Waals surface area contributed by atoms with Crippen LogP contribution in [-0.4, -0.2) is 0 Å². The summed E-state index contributed by atoms with van der Waals surface area (Å²) >= 11 is 0. The zero-order valence-electron chi connectivity index (χ0n) is 6.91. The van der Waals surface area contributed by atoms with Crippen molar-refractivity contribution in [3.05, 3.63) is 35.9 Å². The Hall–Kier alpha value is -1.73. The molecule has 0 amide bonds. The van der Waals surface area contributed by atoms with Crippen LogP contribution in [0.15, 0.2) is 30.3 Å². The lowest BCUT2D eigenvalue weighted by Crippen LogP contribution is -1.82. The number of nitrogens with zero attached hydrogens (tertiary/aromatic N) is 1. The standard InChI is InChI=1S/C11H9N/c1-10(9-12)7-8-11-5-3-2-4-6-11/h2-6,10H,1H3/t10-/m0/s1. The summed E-state index contributed by atoms with van der Waals surface area (Å²) in [6.07, 6.45) is 0. The van der Waals surface area contributed by atoms with Crippen LogP contribution in [0.25, 0.3) is 0 Å². The third-order valence-corrected chi connectivity index (χ3v) is 1.40. The molecule has 1 aromatic rings. The second-order valence-corrected chi connectivity index (χ2v) is 2.49. The fourth-order valence-electron chi connectivity index (χ4n) is 0.745. The summed E-state index contributed by atoms with van der Waals surface area (Å²) in [6.45, 7) is 1.79. The lowest BCUT2D eigenvalue weighted by molar-refractivity contribution is 0.996. The minimum atomic E-state index is -0.190. The molecule has 0 aliphatic carbocycles. The van der Waals surface area contributed by atoms with Crippen LogP contribution in [0.4, 0.5) is 0 Å². The Balaban J connectivity index is 2.75. The van der Waals surface area contributed by atoms with Gasteiger partial charge in [0.25, 0.3) is 0 Å². The van der Waals surface area contributed by atoms with Gasteiger partial charge in [-0.2, -0.15) is 5.26 Å². The van der Waals surface area contributed by atoms with Gasteiger partial charge >= 0.3 is 0 Å². The van der Waals surface area contributed by atoms with E-state index < -0.39 is 0 Å². The summed E-state index contributed by atoms with van der Waals surface area (Å²) in [6, 6.07) is 11.7. The molecule has 0 radical (unpaired) electrons. The van der Waals surface area contributed by atoms with Crippen LogP contribution in [0.2, 0.25) is 0 Å². The van der Waals surface area contributed by atoms with Gasteiger partial charge in [-0.25, -0.2) is 0 Å². The molecule has 0 aromatic heterocycles. The average Bonchev–Trinajstić information content (AvgIpc) is 2.16. The molecule has 1 nitrogen and oxygen atoms in total. The fraction of sp³-hybridized carbons (Fsp3) is 0.182. The highest BCUT2D eigenvalue weighted by Gasteiger charge is 1.88. The van der Waals surface area contributed by atoms with Crippen LogP contribution in [0.1, 0.15) is 12.5 Å². The highest BCUT2D eigenvalue weighted by molar-refractivity contribution is 5.34. The predicted molar refractivity (Wildman–Crippen MR) is 48.1 cm³/mol.